The van der Waals surface area contributed by atoms with Crippen LogP contribution < -0.4 is 46.7 Å². The minimum Gasteiger partial charge on any atom is -0.0624 e. The largest absolute Gasteiger partial charge is 2.00 e. The molecule has 4 radical (unpaired) electrons. The predicted molar refractivity (Wildman–Crippen MR) is 252 cm³/mol. The van der Waals surface area contributed by atoms with E-state index in [4.69, 9.17) is 0 Å². The average Bonchev–Trinajstić information content (AvgIpc) is 3.30. The first kappa shape index (κ1) is 41.8. The first-order valence-electron chi connectivity index (χ1n) is 19.4. The molecule has 0 spiro atoms. The van der Waals surface area contributed by atoms with E-state index in [0.29, 0.717) is 0 Å². The topological polar surface area (TPSA) is 0 Å². The zero-order chi connectivity index (χ0) is 38.7. The molecular weight excluding hydrogens is 784 g/mol. The predicted octanol–water partition coefficient (Wildman–Crippen LogP) is 6.61. The molecule has 0 aliphatic carbocycles. The molecule has 276 valence electrons. The number of rotatable bonds is 9. The van der Waals surface area contributed by atoms with Gasteiger partial charge in [-0.05, 0) is 0 Å². The van der Waals surface area contributed by atoms with Gasteiger partial charge in [0.25, 0.3) is 0 Å². The Balaban J connectivity index is 0.000000145. The van der Waals surface area contributed by atoms with Crippen LogP contribution in [0.1, 0.15) is 0 Å². The van der Waals surface area contributed by atoms with E-state index in [1.807, 2.05) is 0 Å². The molecule has 0 unspecified atom stereocenters. The molecule has 9 rings (SSSR count). The summed E-state index contributed by atoms with van der Waals surface area (Å²) in [5.41, 5.74) is 0. The van der Waals surface area contributed by atoms with Crippen molar-refractivity contribution in [1.82, 2.24) is 0 Å². The molecule has 0 bridgehead atoms. The third-order valence-electron chi connectivity index (χ3n) is 9.56. The SMILES string of the molecule is [V+2].c1ccc([Si](c2ccccc2)c2ccccc2)cc1.c1ccc([Si](c2ccccc2)c2ccccc2)cc1.c1ccc([Si](c2ccccc2)c2ccccc2)cc1. The zero-order valence-electron chi connectivity index (χ0n) is 32.4. The molecule has 4 heteroatoms. The molecule has 0 amide bonds. The monoisotopic (exact) mass is 828 g/mol. The van der Waals surface area contributed by atoms with Gasteiger partial charge in [-0.3, -0.25) is 0 Å². The van der Waals surface area contributed by atoms with E-state index in [1.165, 1.54) is 46.7 Å². The summed E-state index contributed by atoms with van der Waals surface area (Å²) in [7, 11) is -2.63. The Morgan fingerprint density at radius 2 is 0.224 bits per heavy atom. The van der Waals surface area contributed by atoms with E-state index in [2.05, 4.69) is 273 Å². The standard InChI is InChI=1S/3C18H15Si.V/c3*1-4-10-16(11-5-1)19(17-12-6-2-7-13-17)18-14-8-3-9-15-18;/h3*1-15H;/q;;;+2. The molecular formula is C54H45Si3V+2. The molecule has 0 aromatic heterocycles. The third kappa shape index (κ3) is 11.6. The van der Waals surface area contributed by atoms with Gasteiger partial charge in [-0.25, -0.2) is 0 Å². The van der Waals surface area contributed by atoms with Gasteiger partial charge in [0.2, 0.25) is 0 Å². The van der Waals surface area contributed by atoms with E-state index < -0.39 is 26.4 Å². The van der Waals surface area contributed by atoms with Crippen molar-refractivity contribution in [3.05, 3.63) is 273 Å². The Morgan fingerprint density at radius 3 is 0.310 bits per heavy atom. The van der Waals surface area contributed by atoms with Gasteiger partial charge in [-0.2, -0.15) is 0 Å². The van der Waals surface area contributed by atoms with Crippen molar-refractivity contribution in [3.63, 3.8) is 0 Å². The summed E-state index contributed by atoms with van der Waals surface area (Å²) in [5, 5.41) is 12.9. The fraction of sp³-hybridized carbons (Fsp3) is 0. The maximum absolute atomic E-state index is 2.24. The van der Waals surface area contributed by atoms with Crippen LogP contribution in [-0.4, -0.2) is 26.4 Å². The van der Waals surface area contributed by atoms with E-state index >= 15 is 0 Å². The Bertz CT molecular complexity index is 1860. The van der Waals surface area contributed by atoms with Gasteiger partial charge in [-0.15, -0.1) is 0 Å². The molecule has 0 saturated carbocycles. The Kier molecular flexibility index (Phi) is 16.5. The second kappa shape index (κ2) is 22.8. The van der Waals surface area contributed by atoms with Gasteiger partial charge < -0.3 is 0 Å². The molecule has 0 aliphatic rings. The molecule has 0 aliphatic heterocycles. The first-order valence-corrected chi connectivity index (χ1v) is 23.9. The van der Waals surface area contributed by atoms with Crippen LogP contribution in [0.25, 0.3) is 0 Å². The average molecular weight is 829 g/mol. The summed E-state index contributed by atoms with van der Waals surface area (Å²) < 4.78 is 0. The third-order valence-corrected chi connectivity index (χ3v) is 17.8. The normalized spacial score (nSPS) is 10.4. The summed E-state index contributed by atoms with van der Waals surface area (Å²) in [4.78, 5) is 0. The quantitative estimate of drug-likeness (QED) is 0.114. The van der Waals surface area contributed by atoms with E-state index in [-0.39, 0.29) is 18.6 Å². The number of hydrogen-bond acceptors (Lipinski definition) is 0. The second-order valence-electron chi connectivity index (χ2n) is 13.4. The molecule has 9 aromatic carbocycles. The molecule has 0 nitrogen and oxygen atoms in total. The van der Waals surface area contributed by atoms with Crippen LogP contribution in [0.15, 0.2) is 273 Å². The number of hydrogen-bond donors (Lipinski definition) is 0. The Hall–Kier alpha value is -5.78. The second-order valence-corrected chi connectivity index (χ2v) is 20.9. The van der Waals surface area contributed by atoms with Crippen molar-refractivity contribution >= 4 is 73.1 Å². The van der Waals surface area contributed by atoms with Crippen LogP contribution >= 0.6 is 0 Å². The Morgan fingerprint density at radius 1 is 0.138 bits per heavy atom. The zero-order valence-corrected chi connectivity index (χ0v) is 36.8. The van der Waals surface area contributed by atoms with Crippen LogP contribution in [0.3, 0.4) is 0 Å². The van der Waals surface area contributed by atoms with Gasteiger partial charge in [0, 0.05) is 0 Å². The summed E-state index contributed by atoms with van der Waals surface area (Å²) in [6.45, 7) is 0. The van der Waals surface area contributed by atoms with Gasteiger partial charge in [0.1, 0.15) is 0 Å². The van der Waals surface area contributed by atoms with E-state index in [9.17, 15) is 0 Å². The molecule has 0 atom stereocenters. The van der Waals surface area contributed by atoms with Gasteiger partial charge in [-0.1, -0.05) is 320 Å². The summed E-state index contributed by atoms with van der Waals surface area (Å²) >= 11 is 0. The van der Waals surface area contributed by atoms with Crippen LogP contribution in [0, 0.1) is 0 Å². The maximum atomic E-state index is 2.24. The smallest absolute Gasteiger partial charge is 0.0624 e. The minimum atomic E-state index is -0.877. The van der Waals surface area contributed by atoms with Crippen molar-refractivity contribution in [2.75, 3.05) is 0 Å². The van der Waals surface area contributed by atoms with Gasteiger partial charge in [0.05, 0.1) is 0 Å². The molecule has 0 saturated heterocycles. The first-order chi connectivity index (χ1) is 28.3. The summed E-state index contributed by atoms with van der Waals surface area (Å²) in [5.74, 6) is 0. The van der Waals surface area contributed by atoms with Crippen LogP contribution in [0.4, 0.5) is 0 Å². The fourth-order valence-electron chi connectivity index (χ4n) is 6.94. The molecule has 9 aromatic rings. The van der Waals surface area contributed by atoms with Crippen LogP contribution in [0.5, 0.6) is 0 Å². The van der Waals surface area contributed by atoms with Crippen molar-refractivity contribution in [3.8, 4) is 0 Å². The van der Waals surface area contributed by atoms with E-state index in [1.54, 1.807) is 0 Å². The Labute approximate surface area is 362 Å². The van der Waals surface area contributed by atoms with Gasteiger partial charge >= 0.3 is 18.6 Å². The van der Waals surface area contributed by atoms with Crippen LogP contribution in [-0.2, 0) is 18.6 Å². The van der Waals surface area contributed by atoms with Crippen molar-refractivity contribution in [2.45, 2.75) is 0 Å². The van der Waals surface area contributed by atoms with Crippen LogP contribution in [0.2, 0.25) is 0 Å². The maximum Gasteiger partial charge on any atom is 2.00 e. The summed E-state index contributed by atoms with van der Waals surface area (Å²) in [6, 6.07) is 97.5. The molecule has 0 N–H and O–H groups in total. The van der Waals surface area contributed by atoms with Crippen molar-refractivity contribution < 1.29 is 18.6 Å². The van der Waals surface area contributed by atoms with Crippen molar-refractivity contribution in [1.29, 1.82) is 0 Å². The van der Waals surface area contributed by atoms with Gasteiger partial charge in [0.15, 0.2) is 26.4 Å². The molecule has 0 heterocycles. The van der Waals surface area contributed by atoms with E-state index in [0.717, 1.165) is 0 Å². The minimum absolute atomic E-state index is 0. The summed E-state index contributed by atoms with van der Waals surface area (Å²) in [6.07, 6.45) is 0. The number of benzene rings is 9. The molecule has 58 heavy (non-hydrogen) atoms. The molecule has 0 fully saturated rings. The fourth-order valence-corrected chi connectivity index (χ4v) is 14.7. The van der Waals surface area contributed by atoms with Crippen molar-refractivity contribution in [2.24, 2.45) is 0 Å².